The molecule has 1 rings (SSSR count). The maximum absolute atomic E-state index is 11.6. The second-order valence-corrected chi connectivity index (χ2v) is 3.83. The van der Waals surface area contributed by atoms with Gasteiger partial charge < -0.3 is 24.8 Å². The normalized spacial score (nSPS) is 12.1. The molecule has 0 spiro atoms. The molecule has 1 atom stereocenters. The maximum atomic E-state index is 11.6. The number of phenolic OH excluding ortho intramolecular Hbond substituents is 3. The number of carbonyl (C=O) groups excluding carboxylic acids is 1. The van der Waals surface area contributed by atoms with Crippen LogP contribution in [-0.4, -0.2) is 41.1 Å². The van der Waals surface area contributed by atoms with Crippen molar-refractivity contribution in [3.8, 4) is 17.2 Å². The first kappa shape index (κ1) is 14.1. The number of methoxy groups -OCH3 is 1. The van der Waals surface area contributed by atoms with Crippen LogP contribution in [0, 0.1) is 0 Å². The summed E-state index contributed by atoms with van der Waals surface area (Å²) in [5.74, 6) is -2.51. The van der Waals surface area contributed by atoms with E-state index in [-0.39, 0.29) is 18.3 Å². The van der Waals surface area contributed by atoms with Crippen LogP contribution in [0.4, 0.5) is 0 Å². The molecule has 0 fully saturated rings. The third-order valence-corrected chi connectivity index (χ3v) is 2.47. The number of ether oxygens (including phenoxy) is 2. The van der Waals surface area contributed by atoms with Crippen LogP contribution < -0.4 is 0 Å². The summed E-state index contributed by atoms with van der Waals surface area (Å²) in [7, 11) is 1.56. The van der Waals surface area contributed by atoms with Gasteiger partial charge in [0, 0.05) is 13.5 Å². The van der Waals surface area contributed by atoms with E-state index in [2.05, 4.69) is 0 Å². The number of hydrogen-bond acceptors (Lipinski definition) is 6. The van der Waals surface area contributed by atoms with Crippen LogP contribution in [0.3, 0.4) is 0 Å². The average molecular weight is 256 g/mol. The highest BCUT2D eigenvalue weighted by atomic mass is 16.5. The van der Waals surface area contributed by atoms with Gasteiger partial charge in [-0.05, 0) is 19.1 Å². The Kier molecular flexibility index (Phi) is 4.79. The molecule has 1 unspecified atom stereocenters. The van der Waals surface area contributed by atoms with Gasteiger partial charge in [0.15, 0.2) is 17.2 Å². The van der Waals surface area contributed by atoms with E-state index in [0.29, 0.717) is 6.42 Å². The van der Waals surface area contributed by atoms with Crippen LogP contribution >= 0.6 is 0 Å². The van der Waals surface area contributed by atoms with Crippen molar-refractivity contribution in [2.45, 2.75) is 19.4 Å². The van der Waals surface area contributed by atoms with Crippen molar-refractivity contribution in [1.82, 2.24) is 0 Å². The Morgan fingerprint density at radius 3 is 2.33 bits per heavy atom. The van der Waals surface area contributed by atoms with E-state index < -0.39 is 23.2 Å². The molecule has 1 aromatic carbocycles. The lowest BCUT2D eigenvalue weighted by Gasteiger charge is -2.10. The molecule has 6 heteroatoms. The third kappa shape index (κ3) is 3.53. The van der Waals surface area contributed by atoms with Gasteiger partial charge in [-0.2, -0.15) is 0 Å². The number of benzene rings is 1. The van der Waals surface area contributed by atoms with Crippen molar-refractivity contribution in [1.29, 1.82) is 0 Å². The van der Waals surface area contributed by atoms with Gasteiger partial charge in [-0.15, -0.1) is 0 Å². The third-order valence-electron chi connectivity index (χ3n) is 2.47. The summed E-state index contributed by atoms with van der Waals surface area (Å²) in [5, 5.41) is 27.6. The largest absolute Gasteiger partial charge is 0.504 e. The lowest BCUT2D eigenvalue weighted by molar-refractivity contribution is 0.0390. The highest BCUT2D eigenvalue weighted by Gasteiger charge is 2.14. The molecule has 0 amide bonds. The Labute approximate surface area is 104 Å². The standard InChI is InChI=1S/C12H16O6/c1-7(17-2)3-4-18-12(16)8-5-9(13)11(15)10(14)6-8/h5-7,13-15H,3-4H2,1-2H3. The van der Waals surface area contributed by atoms with Gasteiger partial charge in [0.05, 0.1) is 18.3 Å². The van der Waals surface area contributed by atoms with Crippen molar-refractivity contribution in [2.75, 3.05) is 13.7 Å². The summed E-state index contributed by atoms with van der Waals surface area (Å²) in [5.41, 5.74) is -0.0344. The van der Waals surface area contributed by atoms with E-state index in [1.165, 1.54) is 0 Å². The predicted molar refractivity (Wildman–Crippen MR) is 62.8 cm³/mol. The van der Waals surface area contributed by atoms with E-state index in [0.717, 1.165) is 12.1 Å². The zero-order chi connectivity index (χ0) is 13.7. The fourth-order valence-electron chi connectivity index (χ4n) is 1.24. The zero-order valence-electron chi connectivity index (χ0n) is 10.2. The summed E-state index contributed by atoms with van der Waals surface area (Å²) in [6.07, 6.45) is 0.512. The van der Waals surface area contributed by atoms with E-state index in [4.69, 9.17) is 14.6 Å². The molecule has 0 bridgehead atoms. The molecule has 0 aliphatic carbocycles. The van der Waals surface area contributed by atoms with E-state index >= 15 is 0 Å². The second kappa shape index (κ2) is 6.11. The number of carbonyl (C=O) groups is 1. The van der Waals surface area contributed by atoms with Crippen molar-refractivity contribution in [3.63, 3.8) is 0 Å². The molecular formula is C12H16O6. The summed E-state index contributed by atoms with van der Waals surface area (Å²) >= 11 is 0. The zero-order valence-corrected chi connectivity index (χ0v) is 10.2. The smallest absolute Gasteiger partial charge is 0.338 e. The molecule has 0 saturated heterocycles. The minimum Gasteiger partial charge on any atom is -0.504 e. The predicted octanol–water partition coefficient (Wildman–Crippen LogP) is 1.39. The van der Waals surface area contributed by atoms with Crippen LogP contribution in [0.25, 0.3) is 0 Å². The first-order valence-corrected chi connectivity index (χ1v) is 5.40. The van der Waals surface area contributed by atoms with Crippen LogP contribution in [0.2, 0.25) is 0 Å². The van der Waals surface area contributed by atoms with Crippen LogP contribution in [0.1, 0.15) is 23.7 Å². The quantitative estimate of drug-likeness (QED) is 0.544. The Bertz CT molecular complexity index is 406. The number of hydrogen-bond donors (Lipinski definition) is 3. The molecule has 100 valence electrons. The Balaban J connectivity index is 2.62. The molecule has 18 heavy (non-hydrogen) atoms. The Morgan fingerprint density at radius 2 is 1.83 bits per heavy atom. The minimum atomic E-state index is -0.691. The van der Waals surface area contributed by atoms with E-state index in [9.17, 15) is 15.0 Å². The Hall–Kier alpha value is -1.95. The monoisotopic (exact) mass is 256 g/mol. The van der Waals surface area contributed by atoms with Crippen molar-refractivity contribution in [3.05, 3.63) is 17.7 Å². The van der Waals surface area contributed by atoms with Crippen LogP contribution in [0.5, 0.6) is 17.2 Å². The van der Waals surface area contributed by atoms with Crippen molar-refractivity contribution in [2.24, 2.45) is 0 Å². The van der Waals surface area contributed by atoms with Gasteiger partial charge in [0.2, 0.25) is 0 Å². The highest BCUT2D eigenvalue weighted by molar-refractivity contribution is 5.91. The average Bonchev–Trinajstić information content (AvgIpc) is 2.34. The maximum Gasteiger partial charge on any atom is 0.338 e. The van der Waals surface area contributed by atoms with Gasteiger partial charge in [0.1, 0.15) is 0 Å². The number of rotatable bonds is 5. The van der Waals surface area contributed by atoms with E-state index in [1.807, 2.05) is 6.92 Å². The molecule has 1 aromatic rings. The fourth-order valence-corrected chi connectivity index (χ4v) is 1.24. The van der Waals surface area contributed by atoms with Crippen molar-refractivity contribution >= 4 is 5.97 Å². The second-order valence-electron chi connectivity index (χ2n) is 3.83. The lowest BCUT2D eigenvalue weighted by Crippen LogP contribution is -2.12. The van der Waals surface area contributed by atoms with Crippen LogP contribution in [-0.2, 0) is 9.47 Å². The summed E-state index contributed by atoms with van der Waals surface area (Å²) in [6.45, 7) is 2.00. The summed E-state index contributed by atoms with van der Waals surface area (Å²) in [6, 6.07) is 2.05. The van der Waals surface area contributed by atoms with Crippen molar-refractivity contribution < 1.29 is 29.6 Å². The first-order valence-electron chi connectivity index (χ1n) is 5.40. The molecule has 0 aliphatic rings. The molecule has 0 radical (unpaired) electrons. The first-order chi connectivity index (χ1) is 8.45. The SMILES string of the molecule is COC(C)CCOC(=O)c1cc(O)c(O)c(O)c1. The molecule has 0 saturated carbocycles. The van der Waals surface area contributed by atoms with Crippen LogP contribution in [0.15, 0.2) is 12.1 Å². The summed E-state index contributed by atoms with van der Waals surface area (Å²) in [4.78, 5) is 11.6. The fraction of sp³-hybridized carbons (Fsp3) is 0.417. The van der Waals surface area contributed by atoms with Gasteiger partial charge >= 0.3 is 5.97 Å². The molecule has 0 aromatic heterocycles. The lowest BCUT2D eigenvalue weighted by atomic mass is 10.2. The molecule has 6 nitrogen and oxygen atoms in total. The van der Waals surface area contributed by atoms with Gasteiger partial charge in [-0.3, -0.25) is 0 Å². The number of esters is 1. The highest BCUT2D eigenvalue weighted by Crippen LogP contribution is 2.35. The molecular weight excluding hydrogens is 240 g/mol. The minimum absolute atomic E-state index is 0.0283. The molecule has 0 aliphatic heterocycles. The molecule has 3 N–H and O–H groups in total. The topological polar surface area (TPSA) is 96.2 Å². The summed E-state index contributed by atoms with van der Waals surface area (Å²) < 4.78 is 9.91. The van der Waals surface area contributed by atoms with Gasteiger partial charge in [0.25, 0.3) is 0 Å². The van der Waals surface area contributed by atoms with Gasteiger partial charge in [-0.1, -0.05) is 0 Å². The Morgan fingerprint density at radius 1 is 1.28 bits per heavy atom. The van der Waals surface area contributed by atoms with Gasteiger partial charge in [-0.25, -0.2) is 4.79 Å². The number of aromatic hydroxyl groups is 3. The molecule has 0 heterocycles. The number of phenols is 3. The van der Waals surface area contributed by atoms with E-state index in [1.54, 1.807) is 7.11 Å².